The molecule has 0 aromatic heterocycles. The average molecular weight is 382 g/mol. The topological polar surface area (TPSA) is 44.8 Å². The Kier molecular flexibility index (Phi) is 7.06. The lowest BCUT2D eigenvalue weighted by atomic mass is 10.1. The molecular formula is C23H31N3O2. The van der Waals surface area contributed by atoms with Crippen LogP contribution in [-0.4, -0.2) is 61.6 Å². The van der Waals surface area contributed by atoms with Crippen LogP contribution in [0.4, 0.5) is 5.69 Å². The van der Waals surface area contributed by atoms with Gasteiger partial charge < -0.3 is 10.1 Å². The summed E-state index contributed by atoms with van der Waals surface area (Å²) in [7, 11) is 0. The molecule has 1 aliphatic rings. The van der Waals surface area contributed by atoms with Crippen LogP contribution in [-0.2, 0) is 4.79 Å². The first kappa shape index (κ1) is 20.4. The maximum absolute atomic E-state index is 12.4. The number of piperazine rings is 1. The predicted octanol–water partition coefficient (Wildman–Crippen LogP) is 3.25. The number of nitrogens with zero attached hydrogens (tertiary/aromatic N) is 2. The summed E-state index contributed by atoms with van der Waals surface area (Å²) in [4.78, 5) is 17.1. The lowest BCUT2D eigenvalue weighted by Gasteiger charge is -2.34. The fraction of sp³-hybridized carbons (Fsp3) is 0.435. The van der Waals surface area contributed by atoms with Gasteiger partial charge in [-0.1, -0.05) is 36.4 Å². The highest BCUT2D eigenvalue weighted by Gasteiger charge is 2.19. The van der Waals surface area contributed by atoms with E-state index in [0.29, 0.717) is 13.2 Å². The fourth-order valence-electron chi connectivity index (χ4n) is 3.57. The van der Waals surface area contributed by atoms with Crippen molar-refractivity contribution in [2.24, 2.45) is 0 Å². The molecule has 0 atom stereocenters. The summed E-state index contributed by atoms with van der Waals surface area (Å²) >= 11 is 0. The first-order valence-electron chi connectivity index (χ1n) is 10.0. The number of benzene rings is 2. The number of ether oxygens (including phenoxy) is 1. The highest BCUT2D eigenvalue weighted by Crippen LogP contribution is 2.19. The number of carbonyl (C=O) groups is 1. The molecule has 0 aliphatic carbocycles. The largest absolute Gasteiger partial charge is 0.492 e. The normalized spacial score (nSPS) is 15.4. The minimum Gasteiger partial charge on any atom is -0.492 e. The van der Waals surface area contributed by atoms with E-state index >= 15 is 0 Å². The molecular weight excluding hydrogens is 350 g/mol. The number of hydrogen-bond donors (Lipinski definition) is 1. The van der Waals surface area contributed by atoms with Crippen LogP contribution in [0.5, 0.6) is 5.75 Å². The van der Waals surface area contributed by atoms with Gasteiger partial charge in [-0.05, 0) is 43.5 Å². The molecule has 1 aliphatic heterocycles. The molecule has 0 spiro atoms. The molecule has 0 saturated carbocycles. The van der Waals surface area contributed by atoms with E-state index in [1.54, 1.807) is 0 Å². The second-order valence-corrected chi connectivity index (χ2v) is 7.55. The number of carbonyl (C=O) groups excluding carboxylic acids is 1. The third-order valence-corrected chi connectivity index (χ3v) is 5.34. The zero-order chi connectivity index (χ0) is 19.9. The van der Waals surface area contributed by atoms with Gasteiger partial charge in [-0.25, -0.2) is 0 Å². The quantitative estimate of drug-likeness (QED) is 0.800. The maximum atomic E-state index is 12.4. The minimum absolute atomic E-state index is 0.0636. The number of rotatable bonds is 7. The van der Waals surface area contributed by atoms with Gasteiger partial charge in [-0.2, -0.15) is 0 Å². The van der Waals surface area contributed by atoms with Gasteiger partial charge in [0, 0.05) is 38.4 Å². The zero-order valence-electron chi connectivity index (χ0n) is 17.2. The van der Waals surface area contributed by atoms with Crippen molar-refractivity contribution >= 4 is 11.6 Å². The number of hydrogen-bond acceptors (Lipinski definition) is 4. The van der Waals surface area contributed by atoms with Gasteiger partial charge >= 0.3 is 0 Å². The van der Waals surface area contributed by atoms with Gasteiger partial charge in [0.05, 0.1) is 6.54 Å². The summed E-state index contributed by atoms with van der Waals surface area (Å²) in [5.74, 6) is 1.03. The van der Waals surface area contributed by atoms with E-state index in [9.17, 15) is 4.79 Å². The lowest BCUT2D eigenvalue weighted by Crippen LogP contribution is -2.49. The Hall–Kier alpha value is -2.37. The molecule has 28 heavy (non-hydrogen) atoms. The molecule has 2 aromatic rings. The Morgan fingerprint density at radius 1 is 0.893 bits per heavy atom. The van der Waals surface area contributed by atoms with Gasteiger partial charge in [0.15, 0.2) is 0 Å². The second-order valence-electron chi connectivity index (χ2n) is 7.55. The summed E-state index contributed by atoms with van der Waals surface area (Å²) < 4.78 is 5.90. The van der Waals surface area contributed by atoms with E-state index in [1.165, 1.54) is 5.56 Å². The molecule has 0 unspecified atom stereocenters. The molecule has 3 rings (SSSR count). The minimum atomic E-state index is 0.0636. The molecule has 5 heteroatoms. The Morgan fingerprint density at radius 2 is 1.50 bits per heavy atom. The van der Waals surface area contributed by atoms with Crippen LogP contribution >= 0.6 is 0 Å². The van der Waals surface area contributed by atoms with Gasteiger partial charge in [0.2, 0.25) is 5.91 Å². The smallest absolute Gasteiger partial charge is 0.238 e. The van der Waals surface area contributed by atoms with E-state index < -0.39 is 0 Å². The Labute approximate surface area is 168 Å². The number of amides is 1. The van der Waals surface area contributed by atoms with Crippen LogP contribution in [0.2, 0.25) is 0 Å². The summed E-state index contributed by atoms with van der Waals surface area (Å²) in [5.41, 5.74) is 4.32. The summed E-state index contributed by atoms with van der Waals surface area (Å²) in [6.45, 7) is 11.9. The van der Waals surface area contributed by atoms with Gasteiger partial charge in [-0.15, -0.1) is 0 Å². The van der Waals surface area contributed by atoms with Crippen molar-refractivity contribution in [1.82, 2.24) is 9.80 Å². The Bertz CT molecular complexity index is 778. The summed E-state index contributed by atoms with van der Waals surface area (Å²) in [5, 5.41) is 3.08. The molecule has 1 amide bonds. The van der Waals surface area contributed by atoms with Crippen LogP contribution in [0.15, 0.2) is 42.5 Å². The fourth-order valence-corrected chi connectivity index (χ4v) is 3.57. The number of nitrogens with one attached hydrogen (secondary N) is 1. The number of para-hydroxylation sites is 2. The van der Waals surface area contributed by atoms with Crippen LogP contribution < -0.4 is 10.1 Å². The van der Waals surface area contributed by atoms with Crippen molar-refractivity contribution in [3.8, 4) is 5.75 Å². The summed E-state index contributed by atoms with van der Waals surface area (Å²) in [6.07, 6.45) is 0. The van der Waals surface area contributed by atoms with Crippen molar-refractivity contribution < 1.29 is 9.53 Å². The highest BCUT2D eigenvalue weighted by molar-refractivity contribution is 5.93. The summed E-state index contributed by atoms with van der Waals surface area (Å²) in [6, 6.07) is 14.2. The molecule has 2 aromatic carbocycles. The third-order valence-electron chi connectivity index (χ3n) is 5.34. The number of aryl methyl sites for hydroxylation is 3. The van der Waals surface area contributed by atoms with Gasteiger partial charge in [0.1, 0.15) is 12.4 Å². The molecule has 0 radical (unpaired) electrons. The molecule has 1 N–H and O–H groups in total. The van der Waals surface area contributed by atoms with Crippen molar-refractivity contribution in [3.63, 3.8) is 0 Å². The Morgan fingerprint density at radius 3 is 2.18 bits per heavy atom. The average Bonchev–Trinajstić information content (AvgIpc) is 2.68. The lowest BCUT2D eigenvalue weighted by molar-refractivity contribution is -0.117. The maximum Gasteiger partial charge on any atom is 0.238 e. The van der Waals surface area contributed by atoms with Crippen LogP contribution in [0.25, 0.3) is 0 Å². The monoisotopic (exact) mass is 381 g/mol. The first-order chi connectivity index (χ1) is 13.5. The van der Waals surface area contributed by atoms with Crippen LogP contribution in [0.1, 0.15) is 16.7 Å². The van der Waals surface area contributed by atoms with E-state index in [1.807, 2.05) is 50.2 Å². The second kappa shape index (κ2) is 9.71. The Balaban J connectivity index is 1.38. The first-order valence-corrected chi connectivity index (χ1v) is 10.0. The van der Waals surface area contributed by atoms with E-state index in [-0.39, 0.29) is 5.91 Å². The number of anilines is 1. The molecule has 150 valence electrons. The molecule has 1 heterocycles. The van der Waals surface area contributed by atoms with E-state index in [2.05, 4.69) is 28.1 Å². The van der Waals surface area contributed by atoms with Crippen molar-refractivity contribution in [1.29, 1.82) is 0 Å². The molecule has 1 saturated heterocycles. The van der Waals surface area contributed by atoms with Gasteiger partial charge in [0.25, 0.3) is 0 Å². The molecule has 0 bridgehead atoms. The zero-order valence-corrected chi connectivity index (χ0v) is 17.2. The van der Waals surface area contributed by atoms with Crippen LogP contribution in [0.3, 0.4) is 0 Å². The molecule has 1 fully saturated rings. The predicted molar refractivity (Wildman–Crippen MR) is 114 cm³/mol. The highest BCUT2D eigenvalue weighted by atomic mass is 16.5. The van der Waals surface area contributed by atoms with E-state index in [0.717, 1.165) is 55.3 Å². The van der Waals surface area contributed by atoms with Crippen LogP contribution in [0, 0.1) is 20.8 Å². The third kappa shape index (κ3) is 5.57. The SMILES string of the molecule is Cc1ccccc1OCCN1CCN(CC(=O)Nc2c(C)cccc2C)CC1. The van der Waals surface area contributed by atoms with Gasteiger partial charge in [-0.3, -0.25) is 14.6 Å². The van der Waals surface area contributed by atoms with Crippen molar-refractivity contribution in [2.45, 2.75) is 20.8 Å². The van der Waals surface area contributed by atoms with E-state index in [4.69, 9.17) is 4.74 Å². The molecule has 5 nitrogen and oxygen atoms in total. The van der Waals surface area contributed by atoms with Crippen molar-refractivity contribution in [2.75, 3.05) is 51.2 Å². The van der Waals surface area contributed by atoms with Crippen molar-refractivity contribution in [3.05, 3.63) is 59.2 Å². The standard InChI is InChI=1S/C23H31N3O2/c1-18-7-4-5-10-21(18)28-16-15-25-11-13-26(14-12-25)17-22(27)24-23-19(2)8-6-9-20(23)3/h4-10H,11-17H2,1-3H3,(H,24,27).